The Kier molecular flexibility index (Phi) is 4.78. The smallest absolute Gasteiger partial charge is 0.387 e. The number of non-ortho nitro benzene ring substituents is 1. The number of nitro groups is 1. The second-order valence-electron chi connectivity index (χ2n) is 5.05. The van der Waals surface area contributed by atoms with Crippen LogP contribution in [-0.4, -0.2) is 23.6 Å². The number of ether oxygens (including phenoxy) is 2. The van der Waals surface area contributed by atoms with Gasteiger partial charge in [-0.2, -0.15) is 8.78 Å². The summed E-state index contributed by atoms with van der Waals surface area (Å²) in [5.41, 5.74) is 0.901. The Labute approximate surface area is 145 Å². The number of fused-ring (bicyclic) bond motifs is 1. The summed E-state index contributed by atoms with van der Waals surface area (Å²) >= 11 is 0. The first-order chi connectivity index (χ1) is 12.5. The minimum absolute atomic E-state index is 0.109. The third kappa shape index (κ3) is 3.61. The summed E-state index contributed by atoms with van der Waals surface area (Å²) < 4.78 is 40.3. The van der Waals surface area contributed by atoms with Gasteiger partial charge < -0.3 is 13.9 Å². The Hall–Kier alpha value is -3.49. The standard InChI is InChI=1S/C17H12F2N2O5/c1-24-14-4-2-3-10(16(14)26-17(18)19)5-8-15-20-12-9-11(21(22)23)6-7-13(12)25-15/h2-9,17H,1H3/b8-5+. The van der Waals surface area contributed by atoms with E-state index in [0.29, 0.717) is 16.7 Å². The van der Waals surface area contributed by atoms with Crippen LogP contribution < -0.4 is 9.47 Å². The molecule has 0 radical (unpaired) electrons. The quantitative estimate of drug-likeness (QED) is 0.473. The van der Waals surface area contributed by atoms with Gasteiger partial charge in [-0.15, -0.1) is 0 Å². The zero-order valence-electron chi connectivity index (χ0n) is 13.4. The van der Waals surface area contributed by atoms with Crippen LogP contribution in [0.25, 0.3) is 23.3 Å². The first-order valence-corrected chi connectivity index (χ1v) is 7.33. The highest BCUT2D eigenvalue weighted by molar-refractivity contribution is 5.79. The molecule has 1 heterocycles. The summed E-state index contributed by atoms with van der Waals surface area (Å²) in [6, 6.07) is 8.70. The largest absolute Gasteiger partial charge is 0.493 e. The molecule has 0 aliphatic carbocycles. The topological polar surface area (TPSA) is 87.6 Å². The summed E-state index contributed by atoms with van der Waals surface area (Å²) in [6.45, 7) is -3.01. The van der Waals surface area contributed by atoms with E-state index in [0.717, 1.165) is 0 Å². The van der Waals surface area contributed by atoms with Crippen molar-refractivity contribution in [1.29, 1.82) is 0 Å². The highest BCUT2D eigenvalue weighted by Crippen LogP contribution is 2.33. The number of hydrogen-bond donors (Lipinski definition) is 0. The van der Waals surface area contributed by atoms with Crippen LogP contribution in [0.2, 0.25) is 0 Å². The van der Waals surface area contributed by atoms with E-state index >= 15 is 0 Å². The SMILES string of the molecule is COc1cccc(/C=C/c2nc3cc([N+](=O)[O-])ccc3o2)c1OC(F)F. The summed E-state index contributed by atoms with van der Waals surface area (Å²) in [7, 11) is 1.34. The molecule has 0 aliphatic rings. The molecule has 3 rings (SSSR count). The van der Waals surface area contributed by atoms with Gasteiger partial charge in [0.15, 0.2) is 17.1 Å². The minimum atomic E-state index is -3.01. The normalized spacial score (nSPS) is 11.4. The first kappa shape index (κ1) is 17.3. The van der Waals surface area contributed by atoms with Crippen LogP contribution in [0.15, 0.2) is 40.8 Å². The number of oxazole rings is 1. The lowest BCUT2D eigenvalue weighted by atomic mass is 10.1. The predicted molar refractivity (Wildman–Crippen MR) is 89.2 cm³/mol. The molecular weight excluding hydrogens is 350 g/mol. The van der Waals surface area contributed by atoms with Gasteiger partial charge in [-0.1, -0.05) is 12.1 Å². The molecule has 7 nitrogen and oxygen atoms in total. The molecule has 0 aliphatic heterocycles. The molecule has 1 aromatic heterocycles. The van der Waals surface area contributed by atoms with Crippen LogP contribution in [0.1, 0.15) is 11.5 Å². The highest BCUT2D eigenvalue weighted by Gasteiger charge is 2.14. The molecular formula is C17H12F2N2O5. The van der Waals surface area contributed by atoms with Gasteiger partial charge in [0.1, 0.15) is 5.52 Å². The number of alkyl halides is 2. The summed E-state index contributed by atoms with van der Waals surface area (Å²) in [5.74, 6) is 0.194. The molecule has 3 aromatic rings. The van der Waals surface area contributed by atoms with Gasteiger partial charge >= 0.3 is 6.61 Å². The van der Waals surface area contributed by atoms with Crippen molar-refractivity contribution in [2.75, 3.05) is 7.11 Å². The molecule has 0 spiro atoms. The van der Waals surface area contributed by atoms with E-state index in [2.05, 4.69) is 9.72 Å². The van der Waals surface area contributed by atoms with Gasteiger partial charge in [-0.05, 0) is 18.2 Å². The Morgan fingerprint density at radius 3 is 2.77 bits per heavy atom. The Bertz CT molecular complexity index is 984. The fourth-order valence-electron chi connectivity index (χ4n) is 2.32. The van der Waals surface area contributed by atoms with Crippen molar-refractivity contribution in [2.45, 2.75) is 6.61 Å². The van der Waals surface area contributed by atoms with Crippen LogP contribution in [0.3, 0.4) is 0 Å². The van der Waals surface area contributed by atoms with Crippen molar-refractivity contribution in [2.24, 2.45) is 0 Å². The third-order valence-electron chi connectivity index (χ3n) is 3.44. The van der Waals surface area contributed by atoms with Gasteiger partial charge in [0.05, 0.1) is 12.0 Å². The number of aromatic nitrogens is 1. The molecule has 0 unspecified atom stereocenters. The number of benzene rings is 2. The molecule has 2 aromatic carbocycles. The lowest BCUT2D eigenvalue weighted by Crippen LogP contribution is -2.04. The molecule has 134 valence electrons. The van der Waals surface area contributed by atoms with E-state index in [1.807, 2.05) is 0 Å². The van der Waals surface area contributed by atoms with Gasteiger partial charge in [-0.3, -0.25) is 10.1 Å². The van der Waals surface area contributed by atoms with Crippen molar-refractivity contribution in [3.05, 3.63) is 58.0 Å². The molecule has 26 heavy (non-hydrogen) atoms. The predicted octanol–water partition coefficient (Wildman–Crippen LogP) is 4.52. The summed E-state index contributed by atoms with van der Waals surface area (Å²) in [5, 5.41) is 10.8. The lowest BCUT2D eigenvalue weighted by Gasteiger charge is -2.12. The monoisotopic (exact) mass is 362 g/mol. The molecule has 0 amide bonds. The van der Waals surface area contributed by atoms with Crippen LogP contribution in [0, 0.1) is 10.1 Å². The molecule has 0 saturated heterocycles. The number of para-hydroxylation sites is 1. The number of halogens is 2. The fourth-order valence-corrected chi connectivity index (χ4v) is 2.32. The van der Waals surface area contributed by atoms with Crippen molar-refractivity contribution in [3.8, 4) is 11.5 Å². The second kappa shape index (κ2) is 7.18. The van der Waals surface area contributed by atoms with E-state index in [1.165, 1.54) is 43.5 Å². The first-order valence-electron chi connectivity index (χ1n) is 7.33. The lowest BCUT2D eigenvalue weighted by molar-refractivity contribution is -0.384. The number of nitrogens with zero attached hydrogens (tertiary/aromatic N) is 2. The summed E-state index contributed by atoms with van der Waals surface area (Å²) in [6.07, 6.45) is 2.91. The maximum Gasteiger partial charge on any atom is 0.387 e. The van der Waals surface area contributed by atoms with Crippen molar-refractivity contribution >= 4 is 28.9 Å². The van der Waals surface area contributed by atoms with Gasteiger partial charge in [0.25, 0.3) is 5.69 Å². The van der Waals surface area contributed by atoms with E-state index in [-0.39, 0.29) is 23.1 Å². The fraction of sp³-hybridized carbons (Fsp3) is 0.118. The van der Waals surface area contributed by atoms with Gasteiger partial charge in [0.2, 0.25) is 5.89 Å². The average molecular weight is 362 g/mol. The molecule has 0 N–H and O–H groups in total. The average Bonchev–Trinajstić information content (AvgIpc) is 3.02. The molecule has 0 fully saturated rings. The molecule has 0 bridgehead atoms. The molecule has 0 atom stereocenters. The van der Waals surface area contributed by atoms with Crippen molar-refractivity contribution < 1.29 is 27.6 Å². The van der Waals surface area contributed by atoms with Crippen LogP contribution in [0.4, 0.5) is 14.5 Å². The maximum absolute atomic E-state index is 12.6. The van der Waals surface area contributed by atoms with E-state index < -0.39 is 11.5 Å². The van der Waals surface area contributed by atoms with Crippen LogP contribution in [-0.2, 0) is 0 Å². The van der Waals surface area contributed by atoms with E-state index in [9.17, 15) is 18.9 Å². The molecule has 9 heteroatoms. The minimum Gasteiger partial charge on any atom is -0.493 e. The number of rotatable bonds is 6. The second-order valence-corrected chi connectivity index (χ2v) is 5.05. The zero-order valence-corrected chi connectivity index (χ0v) is 13.4. The molecule has 0 saturated carbocycles. The van der Waals surface area contributed by atoms with E-state index in [1.54, 1.807) is 12.1 Å². The third-order valence-corrected chi connectivity index (χ3v) is 3.44. The van der Waals surface area contributed by atoms with Gasteiger partial charge in [-0.25, -0.2) is 4.98 Å². The number of methoxy groups -OCH3 is 1. The number of nitro benzene ring substituents is 1. The van der Waals surface area contributed by atoms with Crippen LogP contribution in [0.5, 0.6) is 11.5 Å². The van der Waals surface area contributed by atoms with Gasteiger partial charge in [0, 0.05) is 23.8 Å². The van der Waals surface area contributed by atoms with Crippen molar-refractivity contribution in [3.63, 3.8) is 0 Å². The Balaban J connectivity index is 1.94. The maximum atomic E-state index is 12.6. The van der Waals surface area contributed by atoms with Crippen molar-refractivity contribution in [1.82, 2.24) is 4.98 Å². The number of hydrogen-bond acceptors (Lipinski definition) is 6. The Morgan fingerprint density at radius 2 is 2.08 bits per heavy atom. The summed E-state index contributed by atoms with van der Waals surface area (Å²) in [4.78, 5) is 14.4. The Morgan fingerprint density at radius 1 is 1.27 bits per heavy atom. The zero-order chi connectivity index (χ0) is 18.7. The highest BCUT2D eigenvalue weighted by atomic mass is 19.3. The van der Waals surface area contributed by atoms with Crippen LogP contribution >= 0.6 is 0 Å². The van der Waals surface area contributed by atoms with E-state index in [4.69, 9.17) is 9.15 Å².